The number of benzene rings is 2. The van der Waals surface area contributed by atoms with Crippen LogP contribution in [0.25, 0.3) is 11.1 Å². The Morgan fingerprint density at radius 3 is 1.59 bits per heavy atom. The van der Waals surface area contributed by atoms with Crippen molar-refractivity contribution in [1.82, 2.24) is 0 Å². The van der Waals surface area contributed by atoms with Crippen molar-refractivity contribution < 1.29 is 0 Å². The zero-order chi connectivity index (χ0) is 16.4. The van der Waals surface area contributed by atoms with Gasteiger partial charge in [0.1, 0.15) is 0 Å². The fourth-order valence-electron chi connectivity index (χ4n) is 2.39. The average Bonchev–Trinajstić information content (AvgIpc) is 2.46. The summed E-state index contributed by atoms with van der Waals surface area (Å²) in [6.07, 6.45) is 1.16. The topological polar surface area (TPSA) is 0 Å². The molecule has 0 fully saturated rings. The largest absolute Gasteiger partial charge is 0.120 e. The van der Waals surface area contributed by atoms with Gasteiger partial charge in [-0.1, -0.05) is 77.9 Å². The Labute approximate surface area is 140 Å². The maximum Gasteiger partial charge on any atom is 0.0122 e. The lowest BCUT2D eigenvalue weighted by Crippen LogP contribution is -2.14. The molecule has 0 aliphatic heterocycles. The van der Waals surface area contributed by atoms with Crippen LogP contribution >= 0.6 is 11.8 Å². The molecule has 2 aromatic rings. The summed E-state index contributed by atoms with van der Waals surface area (Å²) in [7, 11) is 0. The van der Waals surface area contributed by atoms with Crippen LogP contribution in [0, 0.1) is 0 Å². The first-order valence-corrected chi connectivity index (χ1v) is 8.93. The quantitative estimate of drug-likeness (QED) is 0.551. The summed E-state index contributed by atoms with van der Waals surface area (Å²) in [4.78, 5) is 1.33. The highest BCUT2D eigenvalue weighted by Crippen LogP contribution is 2.33. The molecule has 22 heavy (non-hydrogen) atoms. The maximum atomic E-state index is 2.31. The lowest BCUT2D eigenvalue weighted by molar-refractivity contribution is 0.506. The molecule has 1 heteroatoms. The Kier molecular flexibility index (Phi) is 5.07. The second-order valence-electron chi connectivity index (χ2n) is 7.55. The molecular weight excluding hydrogens is 284 g/mol. The highest BCUT2D eigenvalue weighted by atomic mass is 32.2. The summed E-state index contributed by atoms with van der Waals surface area (Å²) < 4.78 is 0.259. The second-order valence-corrected chi connectivity index (χ2v) is 9.45. The number of thioether (sulfide) groups is 1. The van der Waals surface area contributed by atoms with Crippen molar-refractivity contribution in [2.75, 3.05) is 0 Å². The highest BCUT2D eigenvalue weighted by molar-refractivity contribution is 8.00. The molecule has 0 radical (unpaired) electrons. The van der Waals surface area contributed by atoms with Gasteiger partial charge in [-0.15, -0.1) is 11.8 Å². The van der Waals surface area contributed by atoms with Gasteiger partial charge in [0.05, 0.1) is 0 Å². The fraction of sp³-hybridized carbons (Fsp3) is 0.429. The van der Waals surface area contributed by atoms with E-state index in [0.29, 0.717) is 0 Å². The van der Waals surface area contributed by atoms with Crippen LogP contribution in [0.15, 0.2) is 53.4 Å². The minimum atomic E-state index is 0.256. The van der Waals surface area contributed by atoms with Gasteiger partial charge in [0, 0.05) is 9.64 Å². The molecule has 0 atom stereocenters. The zero-order valence-corrected chi connectivity index (χ0v) is 15.6. The van der Waals surface area contributed by atoms with E-state index in [2.05, 4.69) is 90.1 Å². The molecule has 0 aliphatic carbocycles. The molecule has 0 nitrogen and oxygen atoms in total. The molecule has 0 unspecified atom stereocenters. The highest BCUT2D eigenvalue weighted by Gasteiger charge is 2.17. The molecule has 0 saturated heterocycles. The second kappa shape index (κ2) is 6.50. The Balaban J connectivity index is 2.19. The van der Waals surface area contributed by atoms with E-state index >= 15 is 0 Å². The van der Waals surface area contributed by atoms with Crippen LogP contribution in [0.4, 0.5) is 0 Å². The van der Waals surface area contributed by atoms with Crippen molar-refractivity contribution in [1.29, 1.82) is 0 Å². The van der Waals surface area contributed by atoms with Gasteiger partial charge < -0.3 is 0 Å². The van der Waals surface area contributed by atoms with Crippen LogP contribution in [-0.4, -0.2) is 4.75 Å². The third-order valence-corrected chi connectivity index (χ3v) is 5.28. The van der Waals surface area contributed by atoms with Gasteiger partial charge in [-0.2, -0.15) is 0 Å². The summed E-state index contributed by atoms with van der Waals surface area (Å²) in [6, 6.07) is 18.0. The van der Waals surface area contributed by atoms with Crippen LogP contribution in [0.3, 0.4) is 0 Å². The SMILES string of the molecule is CCC(C)(C)c1ccc(-c2ccc(SC(C)(C)C)cc2)cc1. The Morgan fingerprint density at radius 1 is 0.727 bits per heavy atom. The first-order chi connectivity index (χ1) is 10.2. The first kappa shape index (κ1) is 17.1. The molecule has 2 aromatic carbocycles. The fourth-order valence-corrected chi connectivity index (χ4v) is 3.37. The summed E-state index contributed by atoms with van der Waals surface area (Å²) in [5.41, 5.74) is 4.26. The van der Waals surface area contributed by atoms with Crippen molar-refractivity contribution >= 4 is 11.8 Å². The van der Waals surface area contributed by atoms with Crippen molar-refractivity contribution in [3.63, 3.8) is 0 Å². The standard InChI is InChI=1S/C21H28S/c1-7-21(5,6)18-12-8-16(9-13-18)17-10-14-19(15-11-17)22-20(2,3)4/h8-15H,7H2,1-6H3. The van der Waals surface area contributed by atoms with E-state index in [0.717, 1.165) is 6.42 Å². The van der Waals surface area contributed by atoms with Gasteiger partial charge >= 0.3 is 0 Å². The summed E-state index contributed by atoms with van der Waals surface area (Å²) >= 11 is 1.91. The minimum Gasteiger partial charge on any atom is -0.120 e. The number of hydrogen-bond donors (Lipinski definition) is 0. The van der Waals surface area contributed by atoms with E-state index in [1.165, 1.54) is 21.6 Å². The van der Waals surface area contributed by atoms with Crippen molar-refractivity contribution in [2.24, 2.45) is 0 Å². The Morgan fingerprint density at radius 2 is 1.18 bits per heavy atom. The predicted molar refractivity (Wildman–Crippen MR) is 101 cm³/mol. The lowest BCUT2D eigenvalue weighted by atomic mass is 9.82. The molecule has 0 N–H and O–H groups in total. The van der Waals surface area contributed by atoms with Gasteiger partial charge in [0.25, 0.3) is 0 Å². The van der Waals surface area contributed by atoms with Crippen LogP contribution in [-0.2, 0) is 5.41 Å². The van der Waals surface area contributed by atoms with E-state index in [1.54, 1.807) is 0 Å². The Bertz CT molecular complexity index is 598. The maximum absolute atomic E-state index is 2.31. The van der Waals surface area contributed by atoms with Gasteiger partial charge in [-0.05, 0) is 40.7 Å². The van der Waals surface area contributed by atoms with Crippen molar-refractivity contribution in [3.05, 3.63) is 54.1 Å². The Hall–Kier alpha value is -1.21. The number of hydrogen-bond acceptors (Lipinski definition) is 1. The predicted octanol–water partition coefficient (Wildman–Crippen LogP) is 6.93. The summed E-state index contributed by atoms with van der Waals surface area (Å²) in [5.74, 6) is 0. The summed E-state index contributed by atoms with van der Waals surface area (Å²) in [5, 5.41) is 0. The third-order valence-electron chi connectivity index (χ3n) is 4.16. The average molecular weight is 313 g/mol. The molecule has 0 bridgehead atoms. The van der Waals surface area contributed by atoms with E-state index in [-0.39, 0.29) is 10.2 Å². The zero-order valence-electron chi connectivity index (χ0n) is 14.7. The van der Waals surface area contributed by atoms with Crippen molar-refractivity contribution in [3.8, 4) is 11.1 Å². The van der Waals surface area contributed by atoms with Gasteiger partial charge in [-0.3, -0.25) is 0 Å². The molecule has 2 rings (SSSR count). The van der Waals surface area contributed by atoms with Gasteiger partial charge in [0.2, 0.25) is 0 Å². The number of rotatable bonds is 4. The van der Waals surface area contributed by atoms with Crippen LogP contribution in [0.2, 0.25) is 0 Å². The molecule has 0 saturated carbocycles. The van der Waals surface area contributed by atoms with Crippen molar-refractivity contribution in [2.45, 2.75) is 63.0 Å². The van der Waals surface area contributed by atoms with Crippen LogP contribution in [0.5, 0.6) is 0 Å². The monoisotopic (exact) mass is 312 g/mol. The van der Waals surface area contributed by atoms with Crippen LogP contribution < -0.4 is 0 Å². The third kappa shape index (κ3) is 4.39. The minimum absolute atomic E-state index is 0.256. The molecule has 0 heterocycles. The molecule has 0 aromatic heterocycles. The molecule has 118 valence electrons. The molecule has 0 amide bonds. The lowest BCUT2D eigenvalue weighted by Gasteiger charge is -2.23. The first-order valence-electron chi connectivity index (χ1n) is 8.11. The normalized spacial score (nSPS) is 12.5. The van der Waals surface area contributed by atoms with E-state index in [1.807, 2.05) is 11.8 Å². The summed E-state index contributed by atoms with van der Waals surface area (Å²) in [6.45, 7) is 13.6. The van der Waals surface area contributed by atoms with Crippen LogP contribution in [0.1, 0.15) is 53.5 Å². The van der Waals surface area contributed by atoms with Gasteiger partial charge in [-0.25, -0.2) is 0 Å². The molecular formula is C21H28S. The smallest absolute Gasteiger partial charge is 0.0122 e. The van der Waals surface area contributed by atoms with E-state index < -0.39 is 0 Å². The van der Waals surface area contributed by atoms with E-state index in [4.69, 9.17) is 0 Å². The molecule has 0 spiro atoms. The molecule has 0 aliphatic rings. The van der Waals surface area contributed by atoms with E-state index in [9.17, 15) is 0 Å². The van der Waals surface area contributed by atoms with Gasteiger partial charge in [0.15, 0.2) is 0 Å².